The van der Waals surface area contributed by atoms with Crippen LogP contribution in [0.5, 0.6) is 0 Å². The van der Waals surface area contributed by atoms with Crippen molar-refractivity contribution in [3.05, 3.63) is 17.0 Å². The molecule has 2 heterocycles. The number of aliphatic hydroxyl groups excluding tert-OH is 1. The first kappa shape index (κ1) is 14.0. The fourth-order valence-electron chi connectivity index (χ4n) is 1.99. The molecule has 0 aromatic carbocycles. The van der Waals surface area contributed by atoms with E-state index in [0.717, 1.165) is 37.3 Å². The Balaban J connectivity index is 2.03. The van der Waals surface area contributed by atoms with E-state index >= 15 is 0 Å². The zero-order valence-electron chi connectivity index (χ0n) is 10.3. The van der Waals surface area contributed by atoms with E-state index in [0.29, 0.717) is 4.88 Å². The number of likely N-dealkylation sites (tertiary alicyclic amines) is 1. The van der Waals surface area contributed by atoms with Crippen LogP contribution in [0.3, 0.4) is 0 Å². The maximum atomic E-state index is 12.1. The van der Waals surface area contributed by atoms with Gasteiger partial charge in [-0.2, -0.15) is 0 Å². The fourth-order valence-corrected chi connectivity index (χ4v) is 4.53. The summed E-state index contributed by atoms with van der Waals surface area (Å²) in [7, 11) is -1.39. The molecule has 102 valence electrons. The number of rotatable bonds is 4. The van der Waals surface area contributed by atoms with E-state index < -0.39 is 10.0 Å². The first-order chi connectivity index (χ1) is 8.51. The first-order valence-corrected chi connectivity index (χ1v) is 8.21. The molecular formula is C11H18N2O3S2. The van der Waals surface area contributed by atoms with Crippen molar-refractivity contribution in [2.24, 2.45) is 0 Å². The van der Waals surface area contributed by atoms with Gasteiger partial charge in [-0.15, -0.1) is 11.3 Å². The summed E-state index contributed by atoms with van der Waals surface area (Å²) in [6.07, 6.45) is 1.68. The third kappa shape index (κ3) is 3.30. The first-order valence-electron chi connectivity index (χ1n) is 5.92. The van der Waals surface area contributed by atoms with Crippen LogP contribution in [-0.2, 0) is 16.6 Å². The van der Waals surface area contributed by atoms with Gasteiger partial charge in [-0.05, 0) is 45.1 Å². The highest BCUT2D eigenvalue weighted by molar-refractivity contribution is 7.91. The molecule has 0 saturated carbocycles. The number of aliphatic hydroxyl groups is 1. The lowest BCUT2D eigenvalue weighted by Crippen LogP contribution is -2.43. The van der Waals surface area contributed by atoms with Crippen LogP contribution in [0.1, 0.15) is 17.7 Å². The van der Waals surface area contributed by atoms with Gasteiger partial charge in [-0.25, -0.2) is 13.1 Å². The van der Waals surface area contributed by atoms with Crippen molar-refractivity contribution in [2.45, 2.75) is 29.7 Å². The number of piperidine rings is 1. The van der Waals surface area contributed by atoms with Crippen molar-refractivity contribution in [2.75, 3.05) is 20.1 Å². The van der Waals surface area contributed by atoms with E-state index in [4.69, 9.17) is 5.11 Å². The fraction of sp³-hybridized carbons (Fsp3) is 0.636. The highest BCUT2D eigenvalue weighted by atomic mass is 32.2. The average Bonchev–Trinajstić information content (AvgIpc) is 2.81. The molecule has 1 aromatic heterocycles. The second-order valence-electron chi connectivity index (χ2n) is 4.58. The highest BCUT2D eigenvalue weighted by Gasteiger charge is 2.24. The van der Waals surface area contributed by atoms with Crippen LogP contribution < -0.4 is 4.72 Å². The Morgan fingerprint density at radius 2 is 2.11 bits per heavy atom. The second-order valence-corrected chi connectivity index (χ2v) is 7.69. The van der Waals surface area contributed by atoms with Crippen molar-refractivity contribution in [1.82, 2.24) is 9.62 Å². The lowest BCUT2D eigenvalue weighted by Gasteiger charge is -2.29. The minimum absolute atomic E-state index is 0.0193. The number of hydrogen-bond donors (Lipinski definition) is 2. The predicted molar refractivity (Wildman–Crippen MR) is 71.1 cm³/mol. The molecule has 0 unspecified atom stereocenters. The minimum atomic E-state index is -3.43. The number of sulfonamides is 1. The molecule has 1 aliphatic heterocycles. The smallest absolute Gasteiger partial charge is 0.250 e. The Morgan fingerprint density at radius 1 is 1.44 bits per heavy atom. The zero-order valence-corrected chi connectivity index (χ0v) is 11.9. The van der Waals surface area contributed by atoms with Crippen molar-refractivity contribution in [1.29, 1.82) is 0 Å². The standard InChI is InChI=1S/C11H18N2O3S2/c1-13-6-4-9(5-7-13)12-18(15,16)11-3-2-10(8-14)17-11/h2-3,9,12,14H,4-8H2,1H3. The van der Waals surface area contributed by atoms with Gasteiger partial charge in [0.05, 0.1) is 6.61 Å². The molecule has 1 aromatic rings. The van der Waals surface area contributed by atoms with Gasteiger partial charge in [0.15, 0.2) is 0 Å². The van der Waals surface area contributed by atoms with Crippen LogP contribution in [0.4, 0.5) is 0 Å². The molecule has 1 fully saturated rings. The summed E-state index contributed by atoms with van der Waals surface area (Å²) in [5.41, 5.74) is 0. The zero-order chi connectivity index (χ0) is 13.2. The highest BCUT2D eigenvalue weighted by Crippen LogP contribution is 2.22. The van der Waals surface area contributed by atoms with Gasteiger partial charge in [-0.1, -0.05) is 0 Å². The molecule has 1 aliphatic rings. The molecule has 5 nitrogen and oxygen atoms in total. The molecular weight excluding hydrogens is 272 g/mol. The summed E-state index contributed by atoms with van der Waals surface area (Å²) < 4.78 is 27.3. The van der Waals surface area contributed by atoms with Gasteiger partial charge < -0.3 is 10.0 Å². The quantitative estimate of drug-likeness (QED) is 0.852. The maximum absolute atomic E-state index is 12.1. The molecule has 0 aliphatic carbocycles. The molecule has 1 saturated heterocycles. The Hall–Kier alpha value is -0.470. The van der Waals surface area contributed by atoms with Crippen LogP contribution in [0, 0.1) is 0 Å². The monoisotopic (exact) mass is 290 g/mol. The van der Waals surface area contributed by atoms with Gasteiger partial charge in [0, 0.05) is 10.9 Å². The van der Waals surface area contributed by atoms with E-state index in [2.05, 4.69) is 9.62 Å². The Bertz CT molecular complexity index is 490. The van der Waals surface area contributed by atoms with Crippen molar-refractivity contribution in [3.8, 4) is 0 Å². The topological polar surface area (TPSA) is 69.6 Å². The number of nitrogens with one attached hydrogen (secondary N) is 1. The van der Waals surface area contributed by atoms with Crippen molar-refractivity contribution < 1.29 is 13.5 Å². The van der Waals surface area contributed by atoms with Gasteiger partial charge in [-0.3, -0.25) is 0 Å². The number of thiophene rings is 1. The van der Waals surface area contributed by atoms with Gasteiger partial charge in [0.25, 0.3) is 0 Å². The molecule has 0 amide bonds. The van der Waals surface area contributed by atoms with E-state index in [-0.39, 0.29) is 16.9 Å². The van der Waals surface area contributed by atoms with Crippen molar-refractivity contribution >= 4 is 21.4 Å². The van der Waals surface area contributed by atoms with Gasteiger partial charge in [0.1, 0.15) is 4.21 Å². The van der Waals surface area contributed by atoms with E-state index in [1.807, 2.05) is 7.05 Å². The summed E-state index contributed by atoms with van der Waals surface area (Å²) >= 11 is 1.12. The molecule has 18 heavy (non-hydrogen) atoms. The molecule has 7 heteroatoms. The van der Waals surface area contributed by atoms with Crippen molar-refractivity contribution in [3.63, 3.8) is 0 Å². The summed E-state index contributed by atoms with van der Waals surface area (Å²) in [4.78, 5) is 2.86. The number of nitrogens with zero attached hydrogens (tertiary/aromatic N) is 1. The predicted octanol–water partition coefficient (Wildman–Crippen LogP) is 0.613. The minimum Gasteiger partial charge on any atom is -0.391 e. The molecule has 0 bridgehead atoms. The largest absolute Gasteiger partial charge is 0.391 e. The van der Waals surface area contributed by atoms with Gasteiger partial charge in [0.2, 0.25) is 10.0 Å². The van der Waals surface area contributed by atoms with Gasteiger partial charge >= 0.3 is 0 Å². The van der Waals surface area contributed by atoms with E-state index in [1.165, 1.54) is 0 Å². The SMILES string of the molecule is CN1CCC(NS(=O)(=O)c2ccc(CO)s2)CC1. The van der Waals surface area contributed by atoms with Crippen LogP contribution in [0.25, 0.3) is 0 Å². The normalized spacial score (nSPS) is 19.2. The maximum Gasteiger partial charge on any atom is 0.250 e. The summed E-state index contributed by atoms with van der Waals surface area (Å²) in [6.45, 7) is 1.72. The molecule has 2 N–H and O–H groups in total. The Labute approximate surface area is 111 Å². The third-order valence-corrected chi connectivity index (χ3v) is 6.18. The van der Waals surface area contributed by atoms with Crippen LogP contribution >= 0.6 is 11.3 Å². The molecule has 0 spiro atoms. The number of hydrogen-bond acceptors (Lipinski definition) is 5. The summed E-state index contributed by atoms with van der Waals surface area (Å²) in [5, 5.41) is 8.96. The molecule has 0 radical (unpaired) electrons. The van der Waals surface area contributed by atoms with Crippen LogP contribution in [0.15, 0.2) is 16.3 Å². The lowest BCUT2D eigenvalue weighted by atomic mass is 10.1. The third-order valence-electron chi connectivity index (χ3n) is 3.10. The van der Waals surface area contributed by atoms with Crippen LogP contribution in [0.2, 0.25) is 0 Å². The summed E-state index contributed by atoms with van der Waals surface area (Å²) in [6, 6.07) is 3.22. The lowest BCUT2D eigenvalue weighted by molar-refractivity contribution is 0.248. The molecule has 2 rings (SSSR count). The van der Waals surface area contributed by atoms with E-state index in [9.17, 15) is 8.42 Å². The molecule has 0 atom stereocenters. The summed E-state index contributed by atoms with van der Waals surface area (Å²) in [5.74, 6) is 0. The average molecular weight is 290 g/mol. The second kappa shape index (κ2) is 5.66. The van der Waals surface area contributed by atoms with E-state index in [1.54, 1.807) is 12.1 Å². The Kier molecular flexibility index (Phi) is 4.39. The van der Waals surface area contributed by atoms with Crippen LogP contribution in [-0.4, -0.2) is 44.6 Å². The Morgan fingerprint density at radius 3 is 2.67 bits per heavy atom.